The molecule has 0 radical (unpaired) electrons. The summed E-state index contributed by atoms with van der Waals surface area (Å²) >= 11 is 0. The van der Waals surface area contributed by atoms with Crippen LogP contribution in [-0.4, -0.2) is 33.4 Å². The molecule has 2 aliphatic rings. The van der Waals surface area contributed by atoms with Crippen LogP contribution in [0.1, 0.15) is 74.9 Å². The monoisotopic (exact) mass is 303 g/mol. The van der Waals surface area contributed by atoms with Gasteiger partial charge in [0, 0.05) is 24.9 Å². The Morgan fingerprint density at radius 3 is 2.68 bits per heavy atom. The lowest BCUT2D eigenvalue weighted by Gasteiger charge is -2.29. The van der Waals surface area contributed by atoms with E-state index in [2.05, 4.69) is 39.1 Å². The van der Waals surface area contributed by atoms with Crippen molar-refractivity contribution in [2.45, 2.75) is 57.3 Å². The zero-order valence-corrected chi connectivity index (χ0v) is 13.0. The molecule has 0 unspecified atom stereocenters. The average molecular weight is 303 g/mol. The molecule has 3 heterocycles. The van der Waals surface area contributed by atoms with Gasteiger partial charge in [0.2, 0.25) is 11.8 Å². The maximum atomic E-state index is 5.81. The summed E-state index contributed by atoms with van der Waals surface area (Å²) in [6.45, 7) is 5.87. The minimum Gasteiger partial charge on any atom is -0.408 e. The van der Waals surface area contributed by atoms with Crippen LogP contribution in [0.5, 0.6) is 0 Å². The maximum absolute atomic E-state index is 5.81. The topological polar surface area (TPSA) is 81.1 Å². The molecule has 1 aliphatic carbocycles. The Hall–Kier alpha value is -1.92. The van der Waals surface area contributed by atoms with Crippen molar-refractivity contribution in [1.29, 1.82) is 0 Å². The quantitative estimate of drug-likeness (QED) is 0.859. The minimum absolute atomic E-state index is 0.241. The number of hydrogen-bond acceptors (Lipinski definition) is 7. The lowest BCUT2D eigenvalue weighted by Crippen LogP contribution is -2.34. The molecule has 1 atom stereocenters. The van der Waals surface area contributed by atoms with Gasteiger partial charge in [-0.1, -0.05) is 24.1 Å². The van der Waals surface area contributed by atoms with Crippen molar-refractivity contribution < 1.29 is 8.94 Å². The Kier molecular flexibility index (Phi) is 3.35. The molecule has 118 valence electrons. The first-order valence-corrected chi connectivity index (χ1v) is 8.12. The Balaban J connectivity index is 1.48. The Labute approximate surface area is 129 Å². The van der Waals surface area contributed by atoms with E-state index in [1.165, 1.54) is 12.8 Å². The van der Waals surface area contributed by atoms with Crippen LogP contribution in [0, 0.1) is 0 Å². The molecular weight excluding hydrogens is 282 g/mol. The Morgan fingerprint density at radius 1 is 1.09 bits per heavy atom. The maximum Gasteiger partial charge on any atom is 0.318 e. The summed E-state index contributed by atoms with van der Waals surface area (Å²) in [5.74, 6) is 3.32. The van der Waals surface area contributed by atoms with Gasteiger partial charge in [-0.25, -0.2) is 0 Å². The fourth-order valence-electron chi connectivity index (χ4n) is 2.85. The smallest absolute Gasteiger partial charge is 0.318 e. The van der Waals surface area contributed by atoms with Crippen LogP contribution < -0.4 is 4.90 Å². The molecule has 0 amide bonds. The Bertz CT molecular complexity index is 600. The first-order chi connectivity index (χ1) is 10.7. The van der Waals surface area contributed by atoms with Crippen molar-refractivity contribution in [3.05, 3.63) is 17.6 Å². The van der Waals surface area contributed by atoms with Gasteiger partial charge in [0.05, 0.1) is 5.92 Å². The first-order valence-electron chi connectivity index (χ1n) is 8.12. The number of hydrogen-bond donors (Lipinski definition) is 0. The van der Waals surface area contributed by atoms with Crippen molar-refractivity contribution in [3.63, 3.8) is 0 Å². The highest BCUT2D eigenvalue weighted by atomic mass is 16.5. The van der Waals surface area contributed by atoms with E-state index in [1.807, 2.05) is 0 Å². The second-order valence-corrected chi connectivity index (χ2v) is 6.63. The van der Waals surface area contributed by atoms with E-state index in [4.69, 9.17) is 8.94 Å². The fraction of sp³-hybridized carbons (Fsp3) is 0.733. The van der Waals surface area contributed by atoms with E-state index in [1.54, 1.807) is 0 Å². The van der Waals surface area contributed by atoms with Gasteiger partial charge in [-0.2, -0.15) is 4.98 Å². The molecule has 22 heavy (non-hydrogen) atoms. The molecule has 7 heteroatoms. The van der Waals surface area contributed by atoms with E-state index in [0.717, 1.165) is 43.5 Å². The highest BCUT2D eigenvalue weighted by molar-refractivity contribution is 5.27. The van der Waals surface area contributed by atoms with Gasteiger partial charge in [0.25, 0.3) is 0 Å². The number of nitrogens with zero attached hydrogens (tertiary/aromatic N) is 5. The summed E-state index contributed by atoms with van der Waals surface area (Å²) in [5, 5.41) is 12.4. The fourth-order valence-corrected chi connectivity index (χ4v) is 2.85. The summed E-state index contributed by atoms with van der Waals surface area (Å²) in [7, 11) is 0. The molecule has 0 aromatic carbocycles. The van der Waals surface area contributed by atoms with Gasteiger partial charge in [-0.15, -0.1) is 5.10 Å². The molecule has 2 fully saturated rings. The zero-order chi connectivity index (χ0) is 15.1. The summed E-state index contributed by atoms with van der Waals surface area (Å²) in [5.41, 5.74) is 0. The number of anilines is 1. The van der Waals surface area contributed by atoms with Gasteiger partial charge in [-0.05, 0) is 25.7 Å². The van der Waals surface area contributed by atoms with Crippen LogP contribution in [0.4, 0.5) is 6.01 Å². The third kappa shape index (κ3) is 2.60. The first kappa shape index (κ1) is 13.7. The van der Waals surface area contributed by atoms with E-state index in [-0.39, 0.29) is 11.8 Å². The Morgan fingerprint density at radius 2 is 1.95 bits per heavy atom. The van der Waals surface area contributed by atoms with E-state index >= 15 is 0 Å². The molecule has 0 N–H and O–H groups in total. The van der Waals surface area contributed by atoms with Crippen LogP contribution >= 0.6 is 0 Å². The predicted octanol–water partition coefficient (Wildman–Crippen LogP) is 2.84. The number of aromatic nitrogens is 4. The van der Waals surface area contributed by atoms with Crippen LogP contribution in [0.15, 0.2) is 8.94 Å². The lowest BCUT2D eigenvalue weighted by molar-refractivity contribution is 0.325. The molecule has 4 rings (SSSR count). The summed E-state index contributed by atoms with van der Waals surface area (Å²) in [4.78, 5) is 6.68. The number of piperidine rings is 1. The van der Waals surface area contributed by atoms with Crippen molar-refractivity contribution in [2.75, 3.05) is 18.0 Å². The second-order valence-electron chi connectivity index (χ2n) is 6.63. The highest BCUT2D eigenvalue weighted by Gasteiger charge is 2.32. The molecule has 7 nitrogen and oxygen atoms in total. The summed E-state index contributed by atoms with van der Waals surface area (Å²) in [6.07, 6.45) is 4.46. The van der Waals surface area contributed by atoms with Gasteiger partial charge in [0.15, 0.2) is 5.82 Å². The van der Waals surface area contributed by atoms with Crippen LogP contribution in [-0.2, 0) is 0 Å². The van der Waals surface area contributed by atoms with Crippen molar-refractivity contribution in [2.24, 2.45) is 0 Å². The lowest BCUT2D eigenvalue weighted by atomic mass is 9.98. The summed E-state index contributed by atoms with van der Waals surface area (Å²) < 4.78 is 11.3. The molecular formula is C15H21N5O2. The number of rotatable bonds is 4. The molecule has 0 spiro atoms. The van der Waals surface area contributed by atoms with Gasteiger partial charge in [-0.3, -0.25) is 0 Å². The largest absolute Gasteiger partial charge is 0.408 e. The minimum atomic E-state index is 0.241. The summed E-state index contributed by atoms with van der Waals surface area (Å²) in [6, 6.07) is 0.634. The molecule has 0 bridgehead atoms. The van der Waals surface area contributed by atoms with Crippen molar-refractivity contribution in [3.8, 4) is 0 Å². The average Bonchev–Trinajstić information content (AvgIpc) is 3.06. The molecule has 2 aromatic rings. The van der Waals surface area contributed by atoms with Crippen molar-refractivity contribution in [1.82, 2.24) is 20.3 Å². The normalized spacial score (nSPS) is 22.5. The van der Waals surface area contributed by atoms with Gasteiger partial charge >= 0.3 is 6.01 Å². The molecule has 1 saturated heterocycles. The van der Waals surface area contributed by atoms with Gasteiger partial charge in [0.1, 0.15) is 0 Å². The van der Waals surface area contributed by atoms with E-state index < -0.39 is 0 Å². The van der Waals surface area contributed by atoms with Crippen LogP contribution in [0.25, 0.3) is 0 Å². The van der Waals surface area contributed by atoms with Crippen molar-refractivity contribution >= 4 is 6.01 Å². The molecule has 1 aliphatic heterocycles. The third-order valence-corrected chi connectivity index (χ3v) is 4.37. The highest BCUT2D eigenvalue weighted by Crippen LogP contribution is 2.40. The second kappa shape index (κ2) is 5.37. The molecule has 1 saturated carbocycles. The SMILES string of the molecule is CC(C)c1noc([C@@H]2CCCN(c3nnc(C4CC4)o3)C2)n1. The zero-order valence-electron chi connectivity index (χ0n) is 13.0. The van der Waals surface area contributed by atoms with Crippen LogP contribution in [0.3, 0.4) is 0 Å². The standard InChI is InChI=1S/C15H21N5O2/c1-9(2)12-16-13(22-19-12)11-4-3-7-20(8-11)15-18-17-14(21-15)10-5-6-10/h9-11H,3-8H2,1-2H3/t11-/m1/s1. The molecule has 2 aromatic heterocycles. The van der Waals surface area contributed by atoms with Crippen LogP contribution in [0.2, 0.25) is 0 Å². The van der Waals surface area contributed by atoms with Gasteiger partial charge < -0.3 is 13.8 Å². The third-order valence-electron chi connectivity index (χ3n) is 4.37. The predicted molar refractivity (Wildman–Crippen MR) is 78.8 cm³/mol. The van der Waals surface area contributed by atoms with E-state index in [9.17, 15) is 0 Å². The van der Waals surface area contributed by atoms with E-state index in [0.29, 0.717) is 11.9 Å².